The standard InChI is InChI=1S/C17H24F4N2/c1-3-4-12(2)16(23-9-7-22-8-10-23)14-6-5-13(18)11-15(14)17(19,20)21/h5-6,11-12,16,22H,3-4,7-10H2,1-2H3/t12?,16-/m1/s1. The topological polar surface area (TPSA) is 15.3 Å². The molecular weight excluding hydrogens is 308 g/mol. The van der Waals surface area contributed by atoms with Gasteiger partial charge in [-0.15, -0.1) is 0 Å². The van der Waals surface area contributed by atoms with Gasteiger partial charge >= 0.3 is 6.18 Å². The Morgan fingerprint density at radius 3 is 2.43 bits per heavy atom. The van der Waals surface area contributed by atoms with Gasteiger partial charge in [-0.1, -0.05) is 26.3 Å². The largest absolute Gasteiger partial charge is 0.416 e. The Morgan fingerprint density at radius 1 is 1.22 bits per heavy atom. The van der Waals surface area contributed by atoms with Crippen LogP contribution in [0.2, 0.25) is 0 Å². The zero-order valence-corrected chi connectivity index (χ0v) is 13.6. The van der Waals surface area contributed by atoms with E-state index in [1.165, 1.54) is 6.07 Å². The summed E-state index contributed by atoms with van der Waals surface area (Å²) in [6, 6.07) is 2.74. The highest BCUT2D eigenvalue weighted by Crippen LogP contribution is 2.40. The first-order valence-electron chi connectivity index (χ1n) is 8.16. The number of benzene rings is 1. The Balaban J connectivity index is 2.45. The fraction of sp³-hybridized carbons (Fsp3) is 0.647. The molecule has 1 aliphatic heterocycles. The van der Waals surface area contributed by atoms with Crippen molar-refractivity contribution in [1.29, 1.82) is 0 Å². The molecule has 2 nitrogen and oxygen atoms in total. The minimum absolute atomic E-state index is 0.0738. The van der Waals surface area contributed by atoms with Crippen LogP contribution in [0.5, 0.6) is 0 Å². The molecule has 1 aliphatic rings. The molecule has 0 spiro atoms. The van der Waals surface area contributed by atoms with Crippen molar-refractivity contribution in [3.63, 3.8) is 0 Å². The van der Waals surface area contributed by atoms with Gasteiger partial charge in [0, 0.05) is 32.2 Å². The van der Waals surface area contributed by atoms with Crippen molar-refractivity contribution in [3.8, 4) is 0 Å². The Kier molecular flexibility index (Phi) is 6.03. The highest BCUT2D eigenvalue weighted by molar-refractivity contribution is 5.33. The smallest absolute Gasteiger partial charge is 0.314 e. The molecule has 1 fully saturated rings. The van der Waals surface area contributed by atoms with E-state index in [1.807, 2.05) is 13.8 Å². The maximum absolute atomic E-state index is 13.4. The summed E-state index contributed by atoms with van der Waals surface area (Å²) in [7, 11) is 0. The summed E-state index contributed by atoms with van der Waals surface area (Å²) in [6.07, 6.45) is -2.80. The van der Waals surface area contributed by atoms with E-state index >= 15 is 0 Å². The fourth-order valence-electron chi connectivity index (χ4n) is 3.47. The maximum Gasteiger partial charge on any atom is 0.416 e. The van der Waals surface area contributed by atoms with Crippen LogP contribution in [0.3, 0.4) is 0 Å². The summed E-state index contributed by atoms with van der Waals surface area (Å²) in [5.74, 6) is -0.770. The molecule has 2 rings (SSSR count). The van der Waals surface area contributed by atoms with Gasteiger partial charge in [-0.25, -0.2) is 4.39 Å². The van der Waals surface area contributed by atoms with E-state index in [2.05, 4.69) is 10.2 Å². The molecule has 0 aromatic heterocycles. The number of rotatable bonds is 5. The summed E-state index contributed by atoms with van der Waals surface area (Å²) in [5.41, 5.74) is -0.647. The van der Waals surface area contributed by atoms with Gasteiger partial charge in [0.15, 0.2) is 0 Å². The van der Waals surface area contributed by atoms with Crippen LogP contribution in [0.25, 0.3) is 0 Å². The lowest BCUT2D eigenvalue weighted by Crippen LogP contribution is -2.47. The van der Waals surface area contributed by atoms with Crippen LogP contribution in [0.15, 0.2) is 18.2 Å². The number of halogens is 4. The lowest BCUT2D eigenvalue weighted by atomic mass is 9.86. The molecule has 2 atom stereocenters. The summed E-state index contributed by atoms with van der Waals surface area (Å²) in [4.78, 5) is 2.10. The number of hydrogen-bond donors (Lipinski definition) is 1. The number of piperazine rings is 1. The molecule has 1 N–H and O–H groups in total. The zero-order chi connectivity index (χ0) is 17.0. The lowest BCUT2D eigenvalue weighted by molar-refractivity contribution is -0.139. The van der Waals surface area contributed by atoms with Gasteiger partial charge in [-0.2, -0.15) is 13.2 Å². The van der Waals surface area contributed by atoms with E-state index in [1.54, 1.807) is 0 Å². The highest BCUT2D eigenvalue weighted by Gasteiger charge is 2.38. The number of alkyl halides is 3. The Bertz CT molecular complexity index is 510. The van der Waals surface area contributed by atoms with E-state index in [9.17, 15) is 17.6 Å². The van der Waals surface area contributed by atoms with Gasteiger partial charge in [0.1, 0.15) is 5.82 Å². The first-order chi connectivity index (χ1) is 10.8. The molecule has 1 unspecified atom stereocenters. The maximum atomic E-state index is 13.4. The third kappa shape index (κ3) is 4.44. The molecule has 1 saturated heterocycles. The van der Waals surface area contributed by atoms with Crippen LogP contribution in [0, 0.1) is 11.7 Å². The third-order valence-electron chi connectivity index (χ3n) is 4.47. The van der Waals surface area contributed by atoms with Crippen molar-refractivity contribution < 1.29 is 17.6 Å². The van der Waals surface area contributed by atoms with Crippen LogP contribution in [-0.4, -0.2) is 31.1 Å². The Hall–Kier alpha value is -1.14. The molecule has 0 amide bonds. The normalized spacial score (nSPS) is 19.6. The van der Waals surface area contributed by atoms with Gasteiger partial charge in [0.25, 0.3) is 0 Å². The first kappa shape index (κ1) is 18.2. The summed E-state index contributed by atoms with van der Waals surface area (Å²) < 4.78 is 53.6. The minimum atomic E-state index is -4.55. The van der Waals surface area contributed by atoms with Crippen molar-refractivity contribution in [1.82, 2.24) is 10.2 Å². The molecule has 0 bridgehead atoms. The predicted octanol–water partition coefficient (Wildman–Crippen LogP) is 4.23. The minimum Gasteiger partial charge on any atom is -0.314 e. The number of nitrogens with zero attached hydrogens (tertiary/aromatic N) is 1. The van der Waals surface area contributed by atoms with Gasteiger partial charge in [0.2, 0.25) is 0 Å². The average molecular weight is 332 g/mol. The van der Waals surface area contributed by atoms with Crippen LogP contribution < -0.4 is 5.32 Å². The molecule has 6 heteroatoms. The summed E-state index contributed by atoms with van der Waals surface area (Å²) in [6.45, 7) is 6.94. The van der Waals surface area contributed by atoms with Gasteiger partial charge < -0.3 is 5.32 Å². The average Bonchev–Trinajstić information content (AvgIpc) is 2.49. The number of nitrogens with one attached hydrogen (secondary N) is 1. The quantitative estimate of drug-likeness (QED) is 0.812. The lowest BCUT2D eigenvalue weighted by Gasteiger charge is -2.39. The number of hydrogen-bond acceptors (Lipinski definition) is 2. The summed E-state index contributed by atoms with van der Waals surface area (Å²) >= 11 is 0. The van der Waals surface area contributed by atoms with Gasteiger partial charge in [-0.3, -0.25) is 4.90 Å². The van der Waals surface area contributed by atoms with Crippen LogP contribution >= 0.6 is 0 Å². The molecule has 1 heterocycles. The van der Waals surface area contributed by atoms with Crippen molar-refractivity contribution in [2.75, 3.05) is 26.2 Å². The van der Waals surface area contributed by atoms with E-state index < -0.39 is 17.6 Å². The van der Waals surface area contributed by atoms with Crippen molar-refractivity contribution in [2.24, 2.45) is 5.92 Å². The van der Waals surface area contributed by atoms with Crippen molar-refractivity contribution >= 4 is 0 Å². The summed E-state index contributed by atoms with van der Waals surface area (Å²) in [5, 5.41) is 3.22. The van der Waals surface area contributed by atoms with Gasteiger partial charge in [-0.05, 0) is 30.0 Å². The third-order valence-corrected chi connectivity index (χ3v) is 4.47. The van der Waals surface area contributed by atoms with Crippen LogP contribution in [0.1, 0.15) is 43.9 Å². The van der Waals surface area contributed by atoms with Crippen molar-refractivity contribution in [3.05, 3.63) is 35.1 Å². The van der Waals surface area contributed by atoms with Crippen LogP contribution in [0.4, 0.5) is 17.6 Å². The molecule has 1 aromatic carbocycles. The SMILES string of the molecule is CCCC(C)[C@H](c1ccc(F)cc1C(F)(F)F)N1CCNCC1. The molecule has 0 saturated carbocycles. The Labute approximate surface area is 134 Å². The molecule has 23 heavy (non-hydrogen) atoms. The molecule has 0 radical (unpaired) electrons. The van der Waals surface area contributed by atoms with E-state index in [4.69, 9.17) is 0 Å². The monoisotopic (exact) mass is 332 g/mol. The Morgan fingerprint density at radius 2 is 1.87 bits per heavy atom. The second kappa shape index (κ2) is 7.62. The first-order valence-corrected chi connectivity index (χ1v) is 8.16. The highest BCUT2D eigenvalue weighted by atomic mass is 19.4. The second-order valence-electron chi connectivity index (χ2n) is 6.23. The second-order valence-corrected chi connectivity index (χ2v) is 6.23. The van der Waals surface area contributed by atoms with Crippen molar-refractivity contribution in [2.45, 2.75) is 38.9 Å². The molecule has 1 aromatic rings. The van der Waals surface area contributed by atoms with E-state index in [0.29, 0.717) is 19.2 Å². The molecule has 130 valence electrons. The molecular formula is C17H24F4N2. The zero-order valence-electron chi connectivity index (χ0n) is 13.6. The van der Waals surface area contributed by atoms with Crippen LogP contribution in [-0.2, 0) is 6.18 Å². The fourth-order valence-corrected chi connectivity index (χ4v) is 3.47. The predicted molar refractivity (Wildman–Crippen MR) is 82.7 cm³/mol. The van der Waals surface area contributed by atoms with E-state index in [0.717, 1.165) is 32.0 Å². The van der Waals surface area contributed by atoms with E-state index in [-0.39, 0.29) is 17.5 Å². The van der Waals surface area contributed by atoms with Gasteiger partial charge in [0.05, 0.1) is 5.56 Å². The molecule has 0 aliphatic carbocycles.